The summed E-state index contributed by atoms with van der Waals surface area (Å²) in [5.41, 5.74) is 31.3. The summed E-state index contributed by atoms with van der Waals surface area (Å²) in [5.74, 6) is -6.90. The topological polar surface area (TPSA) is 344 Å². The second kappa shape index (κ2) is 17.1. The van der Waals surface area contributed by atoms with Gasteiger partial charge in [0, 0.05) is 19.4 Å². The Labute approximate surface area is 217 Å². The van der Waals surface area contributed by atoms with Gasteiger partial charge in [-0.2, -0.15) is 0 Å². The van der Waals surface area contributed by atoms with Gasteiger partial charge in [0.1, 0.15) is 18.1 Å². The van der Waals surface area contributed by atoms with Gasteiger partial charge in [0.05, 0.1) is 12.5 Å². The van der Waals surface area contributed by atoms with Gasteiger partial charge in [-0.05, 0) is 25.7 Å². The molecule has 16 N–H and O–H groups in total. The number of carboxylic acid groups (broad SMARTS) is 1. The Balaban J connectivity index is 5.72. The van der Waals surface area contributed by atoms with Crippen molar-refractivity contribution >= 4 is 47.4 Å². The Morgan fingerprint density at radius 3 is 1.55 bits per heavy atom. The molecule has 0 heterocycles. The van der Waals surface area contributed by atoms with Crippen LogP contribution in [-0.2, 0) is 33.6 Å². The second-order valence-electron chi connectivity index (χ2n) is 8.26. The maximum Gasteiger partial charge on any atom is 0.326 e. The molecule has 0 aliphatic rings. The Morgan fingerprint density at radius 2 is 1.11 bits per heavy atom. The van der Waals surface area contributed by atoms with Crippen molar-refractivity contribution in [3.8, 4) is 0 Å². The van der Waals surface area contributed by atoms with Crippen LogP contribution in [0.15, 0.2) is 4.99 Å². The monoisotopic (exact) mass is 544 g/mol. The van der Waals surface area contributed by atoms with Gasteiger partial charge >= 0.3 is 5.97 Å². The summed E-state index contributed by atoms with van der Waals surface area (Å²) in [4.78, 5) is 86.8. The molecule has 6 amide bonds. The van der Waals surface area contributed by atoms with Gasteiger partial charge in [-0.1, -0.05) is 0 Å². The average Bonchev–Trinajstić information content (AvgIpc) is 2.79. The molecule has 18 heteroatoms. The summed E-state index contributed by atoms with van der Waals surface area (Å²) < 4.78 is 0. The lowest BCUT2D eigenvalue weighted by Crippen LogP contribution is -2.57. The van der Waals surface area contributed by atoms with Crippen molar-refractivity contribution in [2.45, 2.75) is 69.1 Å². The molecular weight excluding hydrogens is 508 g/mol. The molecule has 0 spiro atoms. The smallest absolute Gasteiger partial charge is 0.326 e. The average molecular weight is 545 g/mol. The number of carbonyl (C=O) groups excluding carboxylic acids is 6. The largest absolute Gasteiger partial charge is 0.480 e. The zero-order valence-electron chi connectivity index (χ0n) is 20.7. The van der Waals surface area contributed by atoms with Crippen LogP contribution in [0, 0.1) is 0 Å². The van der Waals surface area contributed by atoms with E-state index < -0.39 is 72.0 Å². The van der Waals surface area contributed by atoms with Crippen molar-refractivity contribution in [3.63, 3.8) is 0 Å². The third-order valence-electron chi connectivity index (χ3n) is 4.94. The summed E-state index contributed by atoms with van der Waals surface area (Å²) in [6.45, 7) is 0.0844. The Hall–Kier alpha value is -4.48. The van der Waals surface area contributed by atoms with E-state index in [1.807, 2.05) is 0 Å². The minimum absolute atomic E-state index is 0.0435. The summed E-state index contributed by atoms with van der Waals surface area (Å²) in [6, 6.07) is -5.65. The molecule has 0 aromatic carbocycles. The molecule has 0 aliphatic heterocycles. The minimum Gasteiger partial charge on any atom is -0.480 e. The first-order valence-corrected chi connectivity index (χ1v) is 11.4. The maximum absolute atomic E-state index is 13.0. The summed E-state index contributed by atoms with van der Waals surface area (Å²) >= 11 is 0. The van der Waals surface area contributed by atoms with E-state index in [2.05, 4.69) is 20.9 Å². The normalized spacial score (nSPS) is 13.6. The maximum atomic E-state index is 13.0. The highest BCUT2D eigenvalue weighted by atomic mass is 16.4. The number of guanidine groups is 1. The molecule has 0 aliphatic carbocycles. The van der Waals surface area contributed by atoms with Gasteiger partial charge < -0.3 is 55.5 Å². The van der Waals surface area contributed by atoms with Crippen LogP contribution in [0.4, 0.5) is 0 Å². The summed E-state index contributed by atoms with van der Waals surface area (Å²) in [5, 5.41) is 16.2. The van der Waals surface area contributed by atoms with E-state index in [1.54, 1.807) is 0 Å². The van der Waals surface area contributed by atoms with Gasteiger partial charge in [-0.25, -0.2) is 4.79 Å². The van der Waals surface area contributed by atoms with E-state index in [1.165, 1.54) is 0 Å². The molecule has 0 radical (unpaired) electrons. The number of hydrogen-bond donors (Lipinski definition) is 10. The van der Waals surface area contributed by atoms with Crippen LogP contribution in [0.2, 0.25) is 0 Å². The SMILES string of the molecule is NC(=O)CCC(NC(=O)C(CCC(N)=O)NC(=O)C(CCCN=C(N)N)NC(=O)C(N)CC(N)=O)C(=O)O. The molecule has 0 rings (SSSR count). The number of rotatable bonds is 19. The van der Waals surface area contributed by atoms with Crippen LogP contribution in [-0.4, -0.2) is 83.2 Å². The predicted molar refractivity (Wildman–Crippen MR) is 132 cm³/mol. The fraction of sp³-hybridized carbons (Fsp3) is 0.600. The highest BCUT2D eigenvalue weighted by Crippen LogP contribution is 2.06. The zero-order chi connectivity index (χ0) is 29.4. The Kier molecular flexibility index (Phi) is 15.0. The number of amides is 6. The van der Waals surface area contributed by atoms with Crippen molar-refractivity contribution in [1.82, 2.24) is 16.0 Å². The van der Waals surface area contributed by atoms with Crippen LogP contribution in [0.25, 0.3) is 0 Å². The first kappa shape index (κ1) is 33.5. The van der Waals surface area contributed by atoms with Gasteiger partial charge in [0.15, 0.2) is 5.96 Å². The van der Waals surface area contributed by atoms with E-state index in [0.29, 0.717) is 0 Å². The van der Waals surface area contributed by atoms with Gasteiger partial charge in [-0.15, -0.1) is 0 Å². The van der Waals surface area contributed by atoms with E-state index in [4.69, 9.17) is 34.4 Å². The molecule has 38 heavy (non-hydrogen) atoms. The van der Waals surface area contributed by atoms with Crippen LogP contribution in [0.1, 0.15) is 44.9 Å². The first-order valence-electron chi connectivity index (χ1n) is 11.4. The van der Waals surface area contributed by atoms with Crippen LogP contribution >= 0.6 is 0 Å². The molecule has 0 fully saturated rings. The van der Waals surface area contributed by atoms with Crippen molar-refractivity contribution in [3.05, 3.63) is 0 Å². The van der Waals surface area contributed by atoms with E-state index >= 15 is 0 Å². The first-order chi connectivity index (χ1) is 17.6. The number of aliphatic carboxylic acids is 1. The fourth-order valence-corrected chi connectivity index (χ4v) is 3.00. The highest BCUT2D eigenvalue weighted by Gasteiger charge is 2.30. The Morgan fingerprint density at radius 1 is 0.658 bits per heavy atom. The molecule has 18 nitrogen and oxygen atoms in total. The molecule has 4 atom stereocenters. The standard InChI is InChI=1S/C20H36N10O8/c21-9(8-15(24)33)16(34)28-10(2-1-7-27-20(25)26)17(35)29-11(3-5-13(22)31)18(36)30-12(19(37)38)4-6-14(23)32/h9-12H,1-8,21H2,(H2,22,31)(H2,23,32)(H2,24,33)(H,28,34)(H,29,35)(H,30,36)(H,37,38)(H4,25,26,27). The van der Waals surface area contributed by atoms with Crippen molar-refractivity contribution in [1.29, 1.82) is 0 Å². The number of carboxylic acids is 1. The number of carbonyl (C=O) groups is 7. The molecule has 214 valence electrons. The summed E-state index contributed by atoms with van der Waals surface area (Å²) in [6.07, 6.45) is -1.70. The third-order valence-corrected chi connectivity index (χ3v) is 4.94. The molecule has 0 bridgehead atoms. The molecule has 4 unspecified atom stereocenters. The third kappa shape index (κ3) is 14.8. The summed E-state index contributed by atoms with van der Waals surface area (Å²) in [7, 11) is 0. The van der Waals surface area contributed by atoms with Crippen LogP contribution in [0.3, 0.4) is 0 Å². The number of nitrogens with one attached hydrogen (secondary N) is 3. The lowest BCUT2D eigenvalue weighted by Gasteiger charge is -2.25. The fourth-order valence-electron chi connectivity index (χ4n) is 3.00. The number of primary amides is 3. The zero-order valence-corrected chi connectivity index (χ0v) is 20.7. The van der Waals surface area contributed by atoms with E-state index in [9.17, 15) is 38.7 Å². The lowest BCUT2D eigenvalue weighted by atomic mass is 10.1. The van der Waals surface area contributed by atoms with Crippen molar-refractivity contribution < 1.29 is 38.7 Å². The van der Waals surface area contributed by atoms with Gasteiger partial charge in [0.2, 0.25) is 35.4 Å². The quantitative estimate of drug-likeness (QED) is 0.0414. The van der Waals surface area contributed by atoms with Gasteiger partial charge in [0.25, 0.3) is 0 Å². The van der Waals surface area contributed by atoms with Crippen molar-refractivity contribution in [2.24, 2.45) is 39.4 Å². The molecule has 0 aromatic rings. The number of nitrogens with two attached hydrogens (primary N) is 6. The minimum atomic E-state index is -1.52. The van der Waals surface area contributed by atoms with Gasteiger partial charge in [-0.3, -0.25) is 33.8 Å². The highest BCUT2D eigenvalue weighted by molar-refractivity contribution is 5.95. The van der Waals surface area contributed by atoms with E-state index in [-0.39, 0.29) is 51.0 Å². The van der Waals surface area contributed by atoms with Crippen LogP contribution < -0.4 is 50.4 Å². The lowest BCUT2D eigenvalue weighted by molar-refractivity contribution is -0.142. The number of nitrogens with zero attached hydrogens (tertiary/aromatic N) is 1. The Bertz CT molecular complexity index is 921. The molecule has 0 saturated carbocycles. The molecular formula is C20H36N10O8. The number of aliphatic imine (C=N–C) groups is 1. The predicted octanol–water partition coefficient (Wildman–Crippen LogP) is -5.69. The van der Waals surface area contributed by atoms with Crippen LogP contribution in [0.5, 0.6) is 0 Å². The number of hydrogen-bond acceptors (Lipinski definition) is 9. The molecule has 0 aromatic heterocycles. The van der Waals surface area contributed by atoms with E-state index in [0.717, 1.165) is 0 Å². The van der Waals surface area contributed by atoms with Crippen molar-refractivity contribution in [2.75, 3.05) is 6.54 Å². The molecule has 0 saturated heterocycles. The second-order valence-corrected chi connectivity index (χ2v) is 8.26.